The fraction of sp³-hybridized carbons (Fsp3) is 0.533. The summed E-state index contributed by atoms with van der Waals surface area (Å²) < 4.78 is 11.7. The molecule has 0 aromatic heterocycles. The van der Waals surface area contributed by atoms with E-state index in [1.807, 2.05) is 6.07 Å². The van der Waals surface area contributed by atoms with E-state index < -0.39 is 0 Å². The van der Waals surface area contributed by atoms with Crippen LogP contribution in [0.1, 0.15) is 36.8 Å². The monoisotopic (exact) mass is 257 g/mol. The molecule has 3 aliphatic rings. The van der Waals surface area contributed by atoms with Crippen LogP contribution in [0.4, 0.5) is 0 Å². The van der Waals surface area contributed by atoms with Gasteiger partial charge in [-0.2, -0.15) is 5.26 Å². The third-order valence-electron chi connectivity index (χ3n) is 4.48. The molecule has 4 heteroatoms. The number of benzene rings is 1. The average molecular weight is 257 g/mol. The Morgan fingerprint density at radius 2 is 2.16 bits per heavy atom. The second-order valence-corrected chi connectivity index (χ2v) is 5.86. The molecule has 0 amide bonds. The van der Waals surface area contributed by atoms with Gasteiger partial charge in [0, 0.05) is 23.8 Å². The van der Waals surface area contributed by atoms with E-state index in [2.05, 4.69) is 6.07 Å². The van der Waals surface area contributed by atoms with Gasteiger partial charge in [-0.3, -0.25) is 0 Å². The lowest BCUT2D eigenvalue weighted by Gasteiger charge is -2.32. The zero-order chi connectivity index (χ0) is 13.0. The van der Waals surface area contributed by atoms with Gasteiger partial charge >= 0.3 is 0 Å². The lowest BCUT2D eigenvalue weighted by molar-refractivity contribution is -0.0112. The van der Waals surface area contributed by atoms with Crippen molar-refractivity contribution in [3.05, 3.63) is 23.3 Å². The Balaban J connectivity index is 1.72. The molecule has 1 heterocycles. The first-order chi connectivity index (χ1) is 9.22. The summed E-state index contributed by atoms with van der Waals surface area (Å²) in [6.07, 6.45) is 3.49. The summed E-state index contributed by atoms with van der Waals surface area (Å²) in [5, 5.41) is 18.5. The van der Waals surface area contributed by atoms with Crippen LogP contribution in [0.3, 0.4) is 0 Å². The molecule has 2 fully saturated rings. The largest absolute Gasteiger partial charge is 0.491 e. The summed E-state index contributed by atoms with van der Waals surface area (Å²) in [7, 11) is 0. The van der Waals surface area contributed by atoms with Gasteiger partial charge in [-0.1, -0.05) is 0 Å². The summed E-state index contributed by atoms with van der Waals surface area (Å²) in [5.74, 6) is 1.57. The fourth-order valence-electron chi connectivity index (χ4n) is 3.04. The standard InChI is InChI=1S/C15H15NO3/c16-7-9-1-2-12(19-11-5-10(17)6-11)13-14(9)18-8-15(13)3-4-15/h1-2,10-11,17H,3-6,8H2. The zero-order valence-corrected chi connectivity index (χ0v) is 10.6. The Kier molecular flexibility index (Phi) is 2.13. The number of ether oxygens (including phenoxy) is 2. The number of fused-ring (bicyclic) bond motifs is 2. The molecule has 0 radical (unpaired) electrons. The summed E-state index contributed by atoms with van der Waals surface area (Å²) >= 11 is 0. The van der Waals surface area contributed by atoms with Crippen LogP contribution in [0.5, 0.6) is 11.5 Å². The van der Waals surface area contributed by atoms with Crippen molar-refractivity contribution in [1.29, 1.82) is 5.26 Å². The number of nitrogens with zero attached hydrogens (tertiary/aromatic N) is 1. The van der Waals surface area contributed by atoms with Crippen LogP contribution in [0.15, 0.2) is 12.1 Å². The molecule has 1 aromatic rings. The smallest absolute Gasteiger partial charge is 0.144 e. The summed E-state index contributed by atoms with van der Waals surface area (Å²) in [5.41, 5.74) is 1.78. The van der Waals surface area contributed by atoms with Crippen LogP contribution in [0.2, 0.25) is 0 Å². The van der Waals surface area contributed by atoms with Crippen molar-refractivity contribution >= 4 is 0 Å². The minimum absolute atomic E-state index is 0.0971. The number of nitriles is 1. The molecule has 98 valence electrons. The summed E-state index contributed by atoms with van der Waals surface area (Å²) in [6, 6.07) is 5.84. The van der Waals surface area contributed by atoms with Crippen LogP contribution in [-0.2, 0) is 5.41 Å². The van der Waals surface area contributed by atoms with E-state index in [0.717, 1.165) is 29.9 Å². The van der Waals surface area contributed by atoms with Crippen molar-refractivity contribution in [3.8, 4) is 17.6 Å². The van der Waals surface area contributed by atoms with Crippen molar-refractivity contribution in [2.45, 2.75) is 43.3 Å². The van der Waals surface area contributed by atoms with Gasteiger partial charge in [0.05, 0.1) is 18.3 Å². The van der Waals surface area contributed by atoms with Gasteiger partial charge in [0.25, 0.3) is 0 Å². The topological polar surface area (TPSA) is 62.5 Å². The second kappa shape index (κ2) is 3.64. The van der Waals surface area contributed by atoms with E-state index in [9.17, 15) is 5.11 Å². The lowest BCUT2D eigenvalue weighted by atomic mass is 9.91. The van der Waals surface area contributed by atoms with Gasteiger partial charge < -0.3 is 14.6 Å². The maximum atomic E-state index is 9.34. The van der Waals surface area contributed by atoms with Gasteiger partial charge in [-0.15, -0.1) is 0 Å². The predicted molar refractivity (Wildman–Crippen MR) is 67.2 cm³/mol. The molecule has 19 heavy (non-hydrogen) atoms. The highest BCUT2D eigenvalue weighted by atomic mass is 16.5. The van der Waals surface area contributed by atoms with Crippen molar-refractivity contribution in [1.82, 2.24) is 0 Å². The van der Waals surface area contributed by atoms with Crippen LogP contribution in [0, 0.1) is 11.3 Å². The van der Waals surface area contributed by atoms with Crippen LogP contribution >= 0.6 is 0 Å². The van der Waals surface area contributed by atoms with E-state index in [4.69, 9.17) is 14.7 Å². The Morgan fingerprint density at radius 3 is 2.79 bits per heavy atom. The van der Waals surface area contributed by atoms with Crippen molar-refractivity contribution in [3.63, 3.8) is 0 Å². The van der Waals surface area contributed by atoms with E-state index in [0.29, 0.717) is 25.0 Å². The minimum atomic E-state index is -0.220. The van der Waals surface area contributed by atoms with Gasteiger partial charge in [-0.25, -0.2) is 0 Å². The first-order valence-electron chi connectivity index (χ1n) is 6.77. The van der Waals surface area contributed by atoms with E-state index in [-0.39, 0.29) is 17.6 Å². The molecule has 4 nitrogen and oxygen atoms in total. The number of aliphatic hydroxyl groups excluding tert-OH is 1. The second-order valence-electron chi connectivity index (χ2n) is 5.86. The molecule has 2 saturated carbocycles. The summed E-state index contributed by atoms with van der Waals surface area (Å²) in [6.45, 7) is 0.671. The first kappa shape index (κ1) is 11.1. The third kappa shape index (κ3) is 1.55. The molecule has 4 rings (SSSR count). The lowest BCUT2D eigenvalue weighted by Crippen LogP contribution is -2.37. The van der Waals surface area contributed by atoms with Crippen molar-refractivity contribution < 1.29 is 14.6 Å². The van der Waals surface area contributed by atoms with Crippen LogP contribution in [0.25, 0.3) is 0 Å². The number of rotatable bonds is 2. The first-order valence-corrected chi connectivity index (χ1v) is 6.77. The fourth-order valence-corrected chi connectivity index (χ4v) is 3.04. The normalized spacial score (nSPS) is 29.1. The molecule has 1 spiro atoms. The van der Waals surface area contributed by atoms with E-state index in [1.54, 1.807) is 6.07 Å². The molecule has 1 N–H and O–H groups in total. The van der Waals surface area contributed by atoms with E-state index >= 15 is 0 Å². The van der Waals surface area contributed by atoms with Gasteiger partial charge in [0.1, 0.15) is 23.7 Å². The predicted octanol–water partition coefficient (Wildman–Crippen LogP) is 1.88. The number of hydrogen-bond donors (Lipinski definition) is 1. The van der Waals surface area contributed by atoms with Crippen LogP contribution in [-0.4, -0.2) is 23.9 Å². The molecule has 1 aromatic carbocycles. The molecule has 2 aliphatic carbocycles. The van der Waals surface area contributed by atoms with E-state index in [1.165, 1.54) is 0 Å². The highest BCUT2D eigenvalue weighted by Gasteiger charge is 2.53. The highest BCUT2D eigenvalue weighted by Crippen LogP contribution is 2.59. The molecule has 1 aliphatic heterocycles. The zero-order valence-electron chi connectivity index (χ0n) is 10.6. The Labute approximate surface area is 111 Å². The molecule has 0 bridgehead atoms. The van der Waals surface area contributed by atoms with Gasteiger partial charge in [0.2, 0.25) is 0 Å². The van der Waals surface area contributed by atoms with Gasteiger partial charge in [0.15, 0.2) is 0 Å². The van der Waals surface area contributed by atoms with Crippen molar-refractivity contribution in [2.75, 3.05) is 6.61 Å². The molecular weight excluding hydrogens is 242 g/mol. The Bertz CT molecular complexity index is 580. The van der Waals surface area contributed by atoms with Crippen LogP contribution < -0.4 is 9.47 Å². The maximum absolute atomic E-state index is 9.34. The van der Waals surface area contributed by atoms with Crippen molar-refractivity contribution in [2.24, 2.45) is 0 Å². The highest BCUT2D eigenvalue weighted by molar-refractivity contribution is 5.62. The molecular formula is C15H15NO3. The number of hydrogen-bond acceptors (Lipinski definition) is 4. The average Bonchev–Trinajstić information content (AvgIpc) is 3.04. The molecule has 0 unspecified atom stereocenters. The third-order valence-corrected chi connectivity index (χ3v) is 4.48. The maximum Gasteiger partial charge on any atom is 0.144 e. The van der Waals surface area contributed by atoms with Gasteiger partial charge in [-0.05, 0) is 25.0 Å². The minimum Gasteiger partial charge on any atom is -0.491 e. The summed E-state index contributed by atoms with van der Waals surface area (Å²) in [4.78, 5) is 0. The SMILES string of the molecule is N#Cc1ccc(OC2CC(O)C2)c2c1OCC21CC1. The molecule has 0 atom stereocenters. The Hall–Kier alpha value is -1.73. The quantitative estimate of drug-likeness (QED) is 0.878. The number of aliphatic hydroxyl groups is 1. The molecule has 0 saturated heterocycles. The Morgan fingerprint density at radius 1 is 1.37 bits per heavy atom.